The second kappa shape index (κ2) is 5.86. The lowest BCUT2D eigenvalue weighted by Crippen LogP contribution is -2.15. The van der Waals surface area contributed by atoms with Crippen LogP contribution >= 0.6 is 23.1 Å². The van der Waals surface area contributed by atoms with E-state index in [0.717, 1.165) is 39.8 Å². The molecule has 3 heterocycles. The summed E-state index contributed by atoms with van der Waals surface area (Å²) in [5, 5.41) is 9.73. The summed E-state index contributed by atoms with van der Waals surface area (Å²) >= 11 is 3.28. The molecule has 1 aliphatic heterocycles. The molecule has 116 valence electrons. The maximum absolute atomic E-state index is 12.5. The van der Waals surface area contributed by atoms with Gasteiger partial charge in [0.05, 0.1) is 16.3 Å². The molecule has 23 heavy (non-hydrogen) atoms. The van der Waals surface area contributed by atoms with Crippen LogP contribution in [0.2, 0.25) is 0 Å². The molecule has 1 N–H and O–H groups in total. The number of carbonyl (C=O) groups is 1. The summed E-state index contributed by atoms with van der Waals surface area (Å²) in [7, 11) is 0. The second-order valence-corrected chi connectivity index (χ2v) is 7.33. The normalized spacial score (nSPS) is 13.1. The first-order chi connectivity index (χ1) is 11.2. The van der Waals surface area contributed by atoms with Gasteiger partial charge in [0.1, 0.15) is 5.82 Å². The van der Waals surface area contributed by atoms with Gasteiger partial charge in [0.15, 0.2) is 0 Å². The van der Waals surface area contributed by atoms with Gasteiger partial charge in [-0.3, -0.25) is 4.79 Å². The molecular weight excluding hydrogens is 326 g/mol. The number of aromatic nitrogens is 2. The Bertz CT molecular complexity index is 868. The average molecular weight is 341 g/mol. The van der Waals surface area contributed by atoms with E-state index in [-0.39, 0.29) is 5.91 Å². The van der Waals surface area contributed by atoms with Gasteiger partial charge in [0.25, 0.3) is 5.91 Å². The summed E-state index contributed by atoms with van der Waals surface area (Å²) in [6.45, 7) is 2.06. The number of hydrogen-bond acceptors (Lipinski definition) is 4. The summed E-state index contributed by atoms with van der Waals surface area (Å²) in [6.07, 6.45) is 0. The number of benzene rings is 1. The first kappa shape index (κ1) is 14.5. The second-order valence-electron chi connectivity index (χ2n) is 5.40. The zero-order valence-electron chi connectivity index (χ0n) is 12.6. The molecule has 3 aromatic rings. The molecule has 2 aromatic heterocycles. The van der Waals surface area contributed by atoms with E-state index in [1.165, 1.54) is 11.3 Å². The fraction of sp³-hybridized carbons (Fsp3) is 0.176. The summed E-state index contributed by atoms with van der Waals surface area (Å²) in [5.74, 6) is 2.52. The van der Waals surface area contributed by atoms with Crippen LogP contribution in [-0.4, -0.2) is 15.7 Å². The summed E-state index contributed by atoms with van der Waals surface area (Å²) in [6, 6.07) is 11.8. The van der Waals surface area contributed by atoms with Crippen molar-refractivity contribution in [3.63, 3.8) is 0 Å². The molecule has 4 rings (SSSR count). The molecule has 0 atom stereocenters. The Labute approximate surface area is 142 Å². The highest BCUT2D eigenvalue weighted by Crippen LogP contribution is 2.36. The number of para-hydroxylation sites is 1. The molecule has 6 heteroatoms. The highest BCUT2D eigenvalue weighted by Gasteiger charge is 2.25. The Hall–Kier alpha value is -2.05. The van der Waals surface area contributed by atoms with Crippen LogP contribution in [0.15, 0.2) is 41.8 Å². The average Bonchev–Trinajstić information content (AvgIpc) is 3.26. The molecular formula is C17H15N3OS2. The number of anilines is 1. The molecule has 0 aliphatic carbocycles. The number of hydrogen-bond donors (Lipinski definition) is 1. The Morgan fingerprint density at radius 2 is 2.09 bits per heavy atom. The number of nitrogens with zero attached hydrogens (tertiary/aromatic N) is 2. The van der Waals surface area contributed by atoms with E-state index in [2.05, 4.69) is 18.3 Å². The smallest absolute Gasteiger partial charge is 0.266 e. The number of thioether (sulfide) groups is 1. The first-order valence-electron chi connectivity index (χ1n) is 7.33. The largest absolute Gasteiger partial charge is 0.305 e. The number of amides is 1. The van der Waals surface area contributed by atoms with E-state index in [9.17, 15) is 4.79 Å². The van der Waals surface area contributed by atoms with E-state index in [4.69, 9.17) is 5.10 Å². The molecule has 1 aromatic carbocycles. The van der Waals surface area contributed by atoms with Crippen molar-refractivity contribution in [1.29, 1.82) is 0 Å². The Morgan fingerprint density at radius 1 is 1.22 bits per heavy atom. The molecule has 1 amide bonds. The fourth-order valence-electron chi connectivity index (χ4n) is 2.69. The van der Waals surface area contributed by atoms with Gasteiger partial charge in [0.2, 0.25) is 0 Å². The lowest BCUT2D eigenvalue weighted by molar-refractivity contribution is 0.102. The van der Waals surface area contributed by atoms with Crippen LogP contribution < -0.4 is 5.32 Å². The SMILES string of the molecule is Cc1ccccc1-n1nc2c(c1NC(=O)c1cccs1)CSC2. The molecule has 0 bridgehead atoms. The van der Waals surface area contributed by atoms with E-state index in [0.29, 0.717) is 4.88 Å². The fourth-order valence-corrected chi connectivity index (χ4v) is 4.35. The Morgan fingerprint density at radius 3 is 2.87 bits per heavy atom. The molecule has 0 unspecified atom stereocenters. The van der Waals surface area contributed by atoms with Crippen LogP contribution in [0.25, 0.3) is 5.69 Å². The lowest BCUT2D eigenvalue weighted by atomic mass is 10.2. The zero-order valence-corrected chi connectivity index (χ0v) is 14.2. The zero-order chi connectivity index (χ0) is 15.8. The van der Waals surface area contributed by atoms with E-state index in [1.807, 2.05) is 52.2 Å². The van der Waals surface area contributed by atoms with Crippen LogP contribution in [0, 0.1) is 6.92 Å². The van der Waals surface area contributed by atoms with Crippen LogP contribution in [0.5, 0.6) is 0 Å². The van der Waals surface area contributed by atoms with Gasteiger partial charge < -0.3 is 5.32 Å². The van der Waals surface area contributed by atoms with Gasteiger partial charge in [-0.1, -0.05) is 24.3 Å². The minimum atomic E-state index is -0.0746. The number of fused-ring (bicyclic) bond motifs is 1. The van der Waals surface area contributed by atoms with Gasteiger partial charge >= 0.3 is 0 Å². The summed E-state index contributed by atoms with van der Waals surface area (Å²) in [5.41, 5.74) is 4.35. The van der Waals surface area contributed by atoms with Crippen molar-refractivity contribution in [3.05, 3.63) is 63.5 Å². The van der Waals surface area contributed by atoms with Crippen LogP contribution in [-0.2, 0) is 11.5 Å². The molecule has 0 saturated carbocycles. The molecule has 0 fully saturated rings. The molecule has 0 saturated heterocycles. The highest BCUT2D eigenvalue weighted by atomic mass is 32.2. The number of aryl methyl sites for hydroxylation is 1. The van der Waals surface area contributed by atoms with Crippen molar-refractivity contribution in [2.24, 2.45) is 0 Å². The van der Waals surface area contributed by atoms with Crippen LogP contribution in [0.3, 0.4) is 0 Å². The number of nitrogens with one attached hydrogen (secondary N) is 1. The third kappa shape index (κ3) is 2.58. The minimum Gasteiger partial charge on any atom is -0.305 e. The Balaban J connectivity index is 1.79. The number of rotatable bonds is 3. The summed E-state index contributed by atoms with van der Waals surface area (Å²) in [4.78, 5) is 13.2. The highest BCUT2D eigenvalue weighted by molar-refractivity contribution is 7.98. The van der Waals surface area contributed by atoms with E-state index >= 15 is 0 Å². The molecule has 0 radical (unpaired) electrons. The molecule has 4 nitrogen and oxygen atoms in total. The maximum atomic E-state index is 12.5. The minimum absolute atomic E-state index is 0.0746. The number of carbonyl (C=O) groups excluding carboxylic acids is 1. The van der Waals surface area contributed by atoms with Crippen molar-refractivity contribution in [2.75, 3.05) is 5.32 Å². The number of thiophene rings is 1. The topological polar surface area (TPSA) is 46.9 Å². The van der Waals surface area contributed by atoms with Crippen LogP contribution in [0.1, 0.15) is 26.5 Å². The third-order valence-electron chi connectivity index (χ3n) is 3.87. The molecule has 1 aliphatic rings. The van der Waals surface area contributed by atoms with Crippen molar-refractivity contribution in [1.82, 2.24) is 9.78 Å². The van der Waals surface area contributed by atoms with Crippen molar-refractivity contribution >= 4 is 34.8 Å². The van der Waals surface area contributed by atoms with Gasteiger partial charge in [-0.2, -0.15) is 16.9 Å². The van der Waals surface area contributed by atoms with E-state index in [1.54, 1.807) is 0 Å². The van der Waals surface area contributed by atoms with Gasteiger partial charge in [-0.25, -0.2) is 4.68 Å². The maximum Gasteiger partial charge on any atom is 0.266 e. The third-order valence-corrected chi connectivity index (χ3v) is 5.71. The van der Waals surface area contributed by atoms with Crippen LogP contribution in [0.4, 0.5) is 5.82 Å². The van der Waals surface area contributed by atoms with E-state index < -0.39 is 0 Å². The Kier molecular flexibility index (Phi) is 3.71. The summed E-state index contributed by atoms with van der Waals surface area (Å²) < 4.78 is 1.88. The van der Waals surface area contributed by atoms with Crippen molar-refractivity contribution in [2.45, 2.75) is 18.4 Å². The monoisotopic (exact) mass is 341 g/mol. The quantitative estimate of drug-likeness (QED) is 0.775. The van der Waals surface area contributed by atoms with Crippen molar-refractivity contribution < 1.29 is 4.79 Å². The van der Waals surface area contributed by atoms with Gasteiger partial charge in [-0.15, -0.1) is 11.3 Å². The van der Waals surface area contributed by atoms with Crippen molar-refractivity contribution in [3.8, 4) is 5.69 Å². The van der Waals surface area contributed by atoms with Gasteiger partial charge in [-0.05, 0) is 30.0 Å². The predicted molar refractivity (Wildman–Crippen MR) is 95.6 cm³/mol. The van der Waals surface area contributed by atoms with Gasteiger partial charge in [0, 0.05) is 17.1 Å². The standard InChI is InChI=1S/C17H15N3OS2/c1-11-5-2-3-6-14(11)20-16(12-9-22-10-13(12)19-20)18-17(21)15-7-4-8-23-15/h2-8H,9-10H2,1H3,(H,18,21). The first-order valence-corrected chi connectivity index (χ1v) is 9.37. The molecule has 0 spiro atoms. The lowest BCUT2D eigenvalue weighted by Gasteiger charge is -2.12. The predicted octanol–water partition coefficient (Wildman–Crippen LogP) is 4.24.